The van der Waals surface area contributed by atoms with E-state index in [9.17, 15) is 34.0 Å². The standard InChI is InChI=1S/C10H15N5O10P2S.3Na/c11-10-13-7-4(8(28)14-10)12-2-15(7)9-6(17)5(16)3(24-9)1-23-27(21,22)25-26(18,19)20;;;/h2-3,5-6,9,16-17H,1H2,(H,21,22)(H2,18,19,20)(H3,11,13,14,28);;;/q;3*+1/p-3. The average Bonchev–Trinajstić information content (AvgIpc) is 3.06. The summed E-state index contributed by atoms with van der Waals surface area (Å²) in [6.07, 6.45) is -4.69. The minimum absolute atomic E-state index is 0. The summed E-state index contributed by atoms with van der Waals surface area (Å²) >= 11 is 5.02. The first-order valence-electron chi connectivity index (χ1n) is 7.31. The number of aliphatic hydroxyl groups is 2. The summed E-state index contributed by atoms with van der Waals surface area (Å²) in [6, 6.07) is 0. The number of aromatic amines is 1. The van der Waals surface area contributed by atoms with E-state index in [-0.39, 0.29) is 110 Å². The Hall–Kier alpha value is 1.71. The number of phosphoric ester groups is 1. The third kappa shape index (κ3) is 8.12. The number of anilines is 1. The Kier molecular flexibility index (Phi) is 13.3. The van der Waals surface area contributed by atoms with Crippen LogP contribution in [-0.2, 0) is 22.7 Å². The maximum absolute atomic E-state index is 11.3. The molecule has 5 unspecified atom stereocenters. The molecule has 1 aliphatic heterocycles. The second kappa shape index (κ2) is 12.6. The monoisotopic (exact) mass is 525 g/mol. The Bertz CT molecular complexity index is 1050. The average molecular weight is 525 g/mol. The number of hydrogen-bond acceptors (Lipinski definition) is 14. The van der Waals surface area contributed by atoms with Gasteiger partial charge < -0.3 is 49.4 Å². The van der Waals surface area contributed by atoms with Crippen molar-refractivity contribution in [2.24, 2.45) is 0 Å². The number of H-pyrrole nitrogens is 1. The number of rotatable bonds is 6. The number of nitrogens with zero attached hydrogens (tertiary/aromatic N) is 3. The number of imidazole rings is 1. The normalized spacial score (nSPS) is 25.2. The molecule has 0 aromatic carbocycles. The van der Waals surface area contributed by atoms with Gasteiger partial charge in [-0.1, -0.05) is 12.2 Å². The predicted molar refractivity (Wildman–Crippen MR) is 85.3 cm³/mol. The number of nitrogen functional groups attached to an aromatic ring is 1. The SMILES string of the molecule is Nc1nc(=S)c2ncn(C3OC(COP(=O)([O-])OP(=O)([O-])[O-])C(O)C3O)c2[nH]1.[Na+].[Na+].[Na+]. The number of aliphatic hydroxyl groups excluding tert-OH is 2. The van der Waals surface area contributed by atoms with Crippen LogP contribution in [0.25, 0.3) is 11.2 Å². The van der Waals surface area contributed by atoms with Crippen LogP contribution in [0.5, 0.6) is 0 Å². The summed E-state index contributed by atoms with van der Waals surface area (Å²) in [4.78, 5) is 42.6. The van der Waals surface area contributed by atoms with Crippen molar-refractivity contribution in [1.82, 2.24) is 19.5 Å². The maximum Gasteiger partial charge on any atom is 1.00 e. The van der Waals surface area contributed by atoms with Crippen molar-refractivity contribution in [2.45, 2.75) is 24.5 Å². The third-order valence-electron chi connectivity index (χ3n) is 3.67. The van der Waals surface area contributed by atoms with Gasteiger partial charge in [-0.15, -0.1) is 0 Å². The molecule has 5 atom stereocenters. The molecule has 0 radical (unpaired) electrons. The predicted octanol–water partition coefficient (Wildman–Crippen LogP) is -12.0. The van der Waals surface area contributed by atoms with E-state index in [2.05, 4.69) is 23.8 Å². The van der Waals surface area contributed by atoms with Crippen LogP contribution in [0, 0.1) is 4.64 Å². The minimum Gasteiger partial charge on any atom is -0.790 e. The van der Waals surface area contributed by atoms with Crippen molar-refractivity contribution < 1.29 is 136 Å². The van der Waals surface area contributed by atoms with Crippen LogP contribution in [0.4, 0.5) is 5.95 Å². The van der Waals surface area contributed by atoms with Crippen molar-refractivity contribution in [3.8, 4) is 0 Å². The molecule has 1 saturated heterocycles. The first-order chi connectivity index (χ1) is 12.9. The van der Waals surface area contributed by atoms with E-state index in [0.29, 0.717) is 0 Å². The summed E-state index contributed by atoms with van der Waals surface area (Å²) < 4.78 is 35.9. The second-order valence-electron chi connectivity index (χ2n) is 5.59. The molecule has 2 aromatic rings. The van der Waals surface area contributed by atoms with Crippen molar-refractivity contribution in [3.05, 3.63) is 11.0 Å². The first kappa shape index (κ1) is 32.7. The Labute approximate surface area is 245 Å². The van der Waals surface area contributed by atoms with Crippen LogP contribution < -0.4 is 109 Å². The van der Waals surface area contributed by atoms with E-state index in [4.69, 9.17) is 22.7 Å². The van der Waals surface area contributed by atoms with Gasteiger partial charge in [0.2, 0.25) is 0 Å². The molecule has 31 heavy (non-hydrogen) atoms. The summed E-state index contributed by atoms with van der Waals surface area (Å²) in [5.41, 5.74) is 6.03. The summed E-state index contributed by atoms with van der Waals surface area (Å²) in [5, 5.41) is 20.3. The van der Waals surface area contributed by atoms with Gasteiger partial charge in [0.25, 0.3) is 7.82 Å². The Morgan fingerprint density at radius 3 is 2.45 bits per heavy atom. The number of fused-ring (bicyclic) bond motifs is 1. The molecule has 156 valence electrons. The summed E-state index contributed by atoms with van der Waals surface area (Å²) in [5.74, 6) is -0.0451. The van der Waals surface area contributed by atoms with Crippen molar-refractivity contribution in [3.63, 3.8) is 0 Å². The first-order valence-corrected chi connectivity index (χ1v) is 10.6. The van der Waals surface area contributed by atoms with Gasteiger partial charge in [-0.05, 0) is 0 Å². The van der Waals surface area contributed by atoms with Crippen LogP contribution in [0.15, 0.2) is 6.33 Å². The van der Waals surface area contributed by atoms with Gasteiger partial charge in [-0.2, -0.15) is 0 Å². The van der Waals surface area contributed by atoms with Gasteiger partial charge in [-0.3, -0.25) is 13.4 Å². The molecule has 0 spiro atoms. The fourth-order valence-corrected chi connectivity index (χ4v) is 4.30. The van der Waals surface area contributed by atoms with Crippen LogP contribution in [0.3, 0.4) is 0 Å². The van der Waals surface area contributed by atoms with E-state index in [1.54, 1.807) is 0 Å². The van der Waals surface area contributed by atoms with Gasteiger partial charge >= 0.3 is 88.7 Å². The summed E-state index contributed by atoms with van der Waals surface area (Å²) in [6.45, 7) is -0.943. The molecular weight excluding hydrogens is 513 g/mol. The Morgan fingerprint density at radius 2 is 1.87 bits per heavy atom. The van der Waals surface area contributed by atoms with E-state index >= 15 is 0 Å². The molecule has 0 amide bonds. The molecule has 5 N–H and O–H groups in total. The summed E-state index contributed by atoms with van der Waals surface area (Å²) in [7, 11) is -11.4. The number of aromatic nitrogens is 4. The van der Waals surface area contributed by atoms with Crippen LogP contribution in [0.2, 0.25) is 0 Å². The van der Waals surface area contributed by atoms with E-state index in [1.807, 2.05) is 0 Å². The number of nitrogens with one attached hydrogen (secondary N) is 1. The minimum atomic E-state index is -5.86. The zero-order valence-corrected chi connectivity index (χ0v) is 25.1. The molecular formula is C10H12N5Na3O10P2S. The molecule has 2 aromatic heterocycles. The van der Waals surface area contributed by atoms with Crippen LogP contribution in [0.1, 0.15) is 6.23 Å². The zero-order chi connectivity index (χ0) is 20.9. The smallest absolute Gasteiger partial charge is 0.790 e. The molecule has 1 fully saturated rings. The molecule has 0 bridgehead atoms. The molecule has 21 heteroatoms. The fourth-order valence-electron chi connectivity index (χ4n) is 2.55. The van der Waals surface area contributed by atoms with Gasteiger partial charge in [0.15, 0.2) is 16.8 Å². The topological polar surface area (TPSA) is 244 Å². The largest absolute Gasteiger partial charge is 1.00 e. The van der Waals surface area contributed by atoms with Gasteiger partial charge in [0.1, 0.15) is 29.5 Å². The second-order valence-corrected chi connectivity index (χ2v) is 8.68. The molecule has 15 nitrogen and oxygen atoms in total. The fraction of sp³-hybridized carbons (Fsp3) is 0.500. The Morgan fingerprint density at radius 1 is 1.26 bits per heavy atom. The van der Waals surface area contributed by atoms with Gasteiger partial charge in [0.05, 0.1) is 20.8 Å². The third-order valence-corrected chi connectivity index (χ3v) is 6.02. The number of hydrogen-bond donors (Lipinski definition) is 4. The van der Waals surface area contributed by atoms with Crippen molar-refractivity contribution in [1.29, 1.82) is 0 Å². The van der Waals surface area contributed by atoms with E-state index < -0.39 is 46.8 Å². The van der Waals surface area contributed by atoms with Crippen molar-refractivity contribution >= 4 is 45.0 Å². The molecule has 0 aliphatic carbocycles. The number of phosphoric acid groups is 2. The zero-order valence-electron chi connectivity index (χ0n) is 16.5. The molecule has 3 heterocycles. The van der Waals surface area contributed by atoms with Crippen LogP contribution >= 0.6 is 27.9 Å². The molecule has 3 rings (SSSR count). The van der Waals surface area contributed by atoms with Gasteiger partial charge in [0, 0.05) is 0 Å². The Balaban J connectivity index is 0.00000300. The van der Waals surface area contributed by atoms with Crippen LogP contribution in [-0.4, -0.2) is 54.7 Å². The quantitative estimate of drug-likeness (QED) is 0.155. The number of nitrogens with two attached hydrogens (primary N) is 1. The van der Waals surface area contributed by atoms with E-state index in [0.717, 1.165) is 0 Å². The molecule has 1 aliphatic rings. The van der Waals surface area contributed by atoms with E-state index in [1.165, 1.54) is 10.9 Å². The molecule has 0 saturated carbocycles. The number of ether oxygens (including phenoxy) is 1. The van der Waals surface area contributed by atoms with Gasteiger partial charge in [-0.25, -0.2) is 9.97 Å². The maximum atomic E-state index is 11.3. The van der Waals surface area contributed by atoms with Crippen molar-refractivity contribution in [2.75, 3.05) is 12.3 Å².